The van der Waals surface area contributed by atoms with Gasteiger partial charge in [-0.2, -0.15) is 9.61 Å². The minimum atomic E-state index is -0.358. The maximum Gasteiger partial charge on any atom is 0.275 e. The van der Waals surface area contributed by atoms with E-state index >= 15 is 0 Å². The van der Waals surface area contributed by atoms with Crippen LogP contribution in [-0.2, 0) is 6.54 Å². The van der Waals surface area contributed by atoms with Gasteiger partial charge in [0.15, 0.2) is 0 Å². The highest BCUT2D eigenvalue weighted by molar-refractivity contribution is 7.19. The molecule has 5 rings (SSSR count). The number of rotatable bonds is 4. The molecule has 0 spiro atoms. The molecule has 0 unspecified atom stereocenters. The van der Waals surface area contributed by atoms with Gasteiger partial charge in [-0.05, 0) is 37.3 Å². The summed E-state index contributed by atoms with van der Waals surface area (Å²) in [6.07, 6.45) is 0. The van der Waals surface area contributed by atoms with Gasteiger partial charge in [0.05, 0.1) is 5.69 Å². The molecule has 1 aliphatic heterocycles. The van der Waals surface area contributed by atoms with Crippen LogP contribution in [0, 0.1) is 12.7 Å². The van der Waals surface area contributed by atoms with Crippen molar-refractivity contribution in [1.29, 1.82) is 0 Å². The summed E-state index contributed by atoms with van der Waals surface area (Å²) in [5.74, 6) is -0.454. The largest absolute Gasteiger partial charge is 0.336 e. The highest BCUT2D eigenvalue weighted by atomic mass is 32.1. The number of nitrogens with zero attached hydrogens (tertiary/aromatic N) is 5. The van der Waals surface area contributed by atoms with E-state index in [2.05, 4.69) is 15.0 Å². The first kappa shape index (κ1) is 21.4. The van der Waals surface area contributed by atoms with Gasteiger partial charge in [0.2, 0.25) is 4.96 Å². The van der Waals surface area contributed by atoms with Crippen molar-refractivity contribution >= 4 is 22.2 Å². The highest BCUT2D eigenvalue weighted by Gasteiger charge is 2.23. The smallest absolute Gasteiger partial charge is 0.275 e. The molecule has 2 aromatic carbocycles. The molecule has 7 nitrogen and oxygen atoms in total. The third kappa shape index (κ3) is 4.55. The zero-order chi connectivity index (χ0) is 22.9. The Hall–Kier alpha value is -3.43. The molecule has 1 fully saturated rings. The lowest BCUT2D eigenvalue weighted by molar-refractivity contribution is 0.0627. The number of fused-ring (bicyclic) bond motifs is 1. The van der Waals surface area contributed by atoms with Gasteiger partial charge in [0.1, 0.15) is 10.8 Å². The highest BCUT2D eigenvalue weighted by Crippen LogP contribution is 2.25. The van der Waals surface area contributed by atoms with E-state index in [0.29, 0.717) is 48.9 Å². The molecular weight excluding hydrogens is 441 g/mol. The van der Waals surface area contributed by atoms with E-state index in [-0.39, 0.29) is 17.3 Å². The summed E-state index contributed by atoms with van der Waals surface area (Å²) in [4.78, 5) is 34.5. The number of amides is 1. The Kier molecular flexibility index (Phi) is 5.74. The van der Waals surface area contributed by atoms with Crippen LogP contribution < -0.4 is 5.56 Å². The van der Waals surface area contributed by atoms with Crippen molar-refractivity contribution in [3.8, 4) is 10.6 Å². The molecule has 2 aromatic heterocycles. The van der Waals surface area contributed by atoms with Gasteiger partial charge in [0.25, 0.3) is 11.5 Å². The van der Waals surface area contributed by atoms with Gasteiger partial charge in [-0.15, -0.1) is 0 Å². The van der Waals surface area contributed by atoms with Crippen LogP contribution >= 0.6 is 11.3 Å². The van der Waals surface area contributed by atoms with Crippen LogP contribution in [0.1, 0.15) is 21.6 Å². The lowest BCUT2D eigenvalue weighted by Crippen LogP contribution is -2.48. The van der Waals surface area contributed by atoms with E-state index in [0.717, 1.165) is 16.1 Å². The van der Waals surface area contributed by atoms with Crippen LogP contribution in [0.3, 0.4) is 0 Å². The van der Waals surface area contributed by atoms with Crippen molar-refractivity contribution in [3.05, 3.63) is 87.6 Å². The van der Waals surface area contributed by atoms with Crippen LogP contribution in [0.4, 0.5) is 4.39 Å². The van der Waals surface area contributed by atoms with Crippen molar-refractivity contribution in [3.63, 3.8) is 0 Å². The van der Waals surface area contributed by atoms with Crippen LogP contribution in [-0.4, -0.2) is 56.5 Å². The van der Waals surface area contributed by atoms with Crippen molar-refractivity contribution in [2.45, 2.75) is 13.5 Å². The fourth-order valence-electron chi connectivity index (χ4n) is 3.95. The second kappa shape index (κ2) is 8.84. The molecule has 33 heavy (non-hydrogen) atoms. The van der Waals surface area contributed by atoms with Crippen LogP contribution in [0.25, 0.3) is 15.5 Å². The normalized spacial score (nSPS) is 14.7. The average Bonchev–Trinajstić information content (AvgIpc) is 3.25. The number of hydrogen-bond acceptors (Lipinski definition) is 6. The second-order valence-electron chi connectivity index (χ2n) is 8.13. The van der Waals surface area contributed by atoms with Gasteiger partial charge in [0, 0.05) is 49.9 Å². The van der Waals surface area contributed by atoms with E-state index in [4.69, 9.17) is 0 Å². The Morgan fingerprint density at radius 1 is 1.06 bits per heavy atom. The van der Waals surface area contributed by atoms with Gasteiger partial charge >= 0.3 is 0 Å². The summed E-state index contributed by atoms with van der Waals surface area (Å²) in [7, 11) is 0. The van der Waals surface area contributed by atoms with Crippen LogP contribution in [0.2, 0.25) is 0 Å². The summed E-state index contributed by atoms with van der Waals surface area (Å²) in [5, 5.41) is 5.21. The van der Waals surface area contributed by atoms with Crippen molar-refractivity contribution in [1.82, 2.24) is 24.4 Å². The fraction of sp³-hybridized carbons (Fsp3) is 0.250. The first-order valence-corrected chi connectivity index (χ1v) is 11.5. The monoisotopic (exact) mass is 463 g/mol. The molecule has 3 heterocycles. The van der Waals surface area contributed by atoms with Gasteiger partial charge in [-0.1, -0.05) is 35.1 Å². The van der Waals surface area contributed by atoms with E-state index in [1.807, 2.05) is 31.2 Å². The zero-order valence-corrected chi connectivity index (χ0v) is 18.9. The molecule has 0 saturated carbocycles. The summed E-state index contributed by atoms with van der Waals surface area (Å²) >= 11 is 1.39. The Bertz CT molecular complexity index is 1370. The lowest BCUT2D eigenvalue weighted by Gasteiger charge is -2.34. The number of halogens is 1. The summed E-state index contributed by atoms with van der Waals surface area (Å²) in [6, 6.07) is 15.2. The summed E-state index contributed by atoms with van der Waals surface area (Å²) < 4.78 is 14.5. The molecular formula is C24H22FN5O2S. The number of piperazine rings is 1. The number of carbonyl (C=O) groups is 1. The maximum atomic E-state index is 13.1. The summed E-state index contributed by atoms with van der Waals surface area (Å²) in [6.45, 7) is 5.02. The fourth-order valence-corrected chi connectivity index (χ4v) is 4.87. The Morgan fingerprint density at radius 3 is 2.55 bits per heavy atom. The number of benzene rings is 2. The topological polar surface area (TPSA) is 70.8 Å². The lowest BCUT2D eigenvalue weighted by atomic mass is 10.1. The second-order valence-corrected chi connectivity index (χ2v) is 9.09. The first-order chi connectivity index (χ1) is 16.0. The molecule has 0 aliphatic carbocycles. The molecule has 1 amide bonds. The molecule has 9 heteroatoms. The molecule has 1 aliphatic rings. The van der Waals surface area contributed by atoms with E-state index in [9.17, 15) is 14.0 Å². The minimum Gasteiger partial charge on any atom is -0.336 e. The van der Waals surface area contributed by atoms with Crippen molar-refractivity contribution in [2.75, 3.05) is 26.2 Å². The van der Waals surface area contributed by atoms with Gasteiger partial charge in [-0.25, -0.2) is 9.37 Å². The van der Waals surface area contributed by atoms with Gasteiger partial charge in [-0.3, -0.25) is 14.5 Å². The van der Waals surface area contributed by atoms with Crippen molar-refractivity contribution < 1.29 is 9.18 Å². The number of carbonyl (C=O) groups excluding carboxylic acids is 1. The summed E-state index contributed by atoms with van der Waals surface area (Å²) in [5.41, 5.74) is 3.07. The Morgan fingerprint density at radius 2 is 1.82 bits per heavy atom. The molecule has 0 radical (unpaired) electrons. The molecule has 1 saturated heterocycles. The quantitative estimate of drug-likeness (QED) is 0.465. The molecule has 0 atom stereocenters. The zero-order valence-electron chi connectivity index (χ0n) is 18.1. The molecule has 4 aromatic rings. The van der Waals surface area contributed by atoms with Crippen LogP contribution in [0.5, 0.6) is 0 Å². The van der Waals surface area contributed by atoms with Crippen LogP contribution in [0.15, 0.2) is 59.4 Å². The Labute approximate surface area is 193 Å². The third-order valence-corrected chi connectivity index (χ3v) is 6.66. The molecule has 0 bridgehead atoms. The maximum absolute atomic E-state index is 13.1. The van der Waals surface area contributed by atoms with Gasteiger partial charge < -0.3 is 4.90 Å². The van der Waals surface area contributed by atoms with Crippen molar-refractivity contribution in [2.24, 2.45) is 0 Å². The standard InChI is InChI=1S/C24H22FN5O2S/c1-16-3-2-4-18(13-16)22-27-30-21(31)14-20(26-24(30)33-22)15-28-9-11-29(12-10-28)23(32)17-5-7-19(25)8-6-17/h2-8,13-14H,9-12,15H2,1H3. The number of aryl methyl sites for hydroxylation is 1. The van der Waals surface area contributed by atoms with E-state index in [1.165, 1.54) is 46.2 Å². The number of hydrogen-bond donors (Lipinski definition) is 0. The minimum absolute atomic E-state index is 0.0965. The Balaban J connectivity index is 1.27. The molecule has 168 valence electrons. The number of aromatic nitrogens is 3. The average molecular weight is 464 g/mol. The SMILES string of the molecule is Cc1cccc(-c2nn3c(=O)cc(CN4CCN(C(=O)c5ccc(F)cc5)CC4)nc3s2)c1. The van der Waals surface area contributed by atoms with E-state index < -0.39 is 0 Å². The predicted octanol–water partition coefficient (Wildman–Crippen LogP) is 3.22. The van der Waals surface area contributed by atoms with E-state index in [1.54, 1.807) is 4.90 Å². The third-order valence-electron chi connectivity index (χ3n) is 5.70. The predicted molar refractivity (Wildman–Crippen MR) is 125 cm³/mol. The first-order valence-electron chi connectivity index (χ1n) is 10.7. The molecule has 0 N–H and O–H groups in total.